The zero-order valence-corrected chi connectivity index (χ0v) is 15.4. The first kappa shape index (κ1) is 18.9. The van der Waals surface area contributed by atoms with Crippen LogP contribution in [0.1, 0.15) is 48.6 Å². The number of rotatable bonds is 9. The Bertz CT molecular complexity index is 671. The van der Waals surface area contributed by atoms with Gasteiger partial charge in [-0.2, -0.15) is 0 Å². The zero-order chi connectivity index (χ0) is 18.1. The SMILES string of the molecule is Cc1nc(NCCC(C)C)cc(C(=O)NCCCc2ccccc2)n1. The van der Waals surface area contributed by atoms with Crippen LogP contribution in [0.2, 0.25) is 0 Å². The molecule has 2 aromatic rings. The molecule has 0 aliphatic heterocycles. The highest BCUT2D eigenvalue weighted by atomic mass is 16.1. The van der Waals surface area contributed by atoms with E-state index in [1.165, 1.54) is 5.56 Å². The summed E-state index contributed by atoms with van der Waals surface area (Å²) in [5.74, 6) is 1.79. The van der Waals surface area contributed by atoms with Gasteiger partial charge in [0.2, 0.25) is 0 Å². The van der Waals surface area contributed by atoms with E-state index >= 15 is 0 Å². The van der Waals surface area contributed by atoms with Gasteiger partial charge in [0, 0.05) is 19.2 Å². The number of nitrogens with zero attached hydrogens (tertiary/aromatic N) is 2. The molecule has 2 rings (SSSR count). The van der Waals surface area contributed by atoms with E-state index in [1.807, 2.05) is 18.2 Å². The molecule has 0 spiro atoms. The van der Waals surface area contributed by atoms with Crippen LogP contribution >= 0.6 is 0 Å². The lowest BCUT2D eigenvalue weighted by Crippen LogP contribution is -2.26. The minimum atomic E-state index is -0.148. The molecule has 0 aliphatic rings. The van der Waals surface area contributed by atoms with Crippen LogP contribution in [0.25, 0.3) is 0 Å². The topological polar surface area (TPSA) is 66.9 Å². The summed E-state index contributed by atoms with van der Waals surface area (Å²) in [6.07, 6.45) is 2.91. The fourth-order valence-electron chi connectivity index (χ4n) is 2.49. The maximum atomic E-state index is 12.3. The molecule has 5 nitrogen and oxygen atoms in total. The highest BCUT2D eigenvalue weighted by Gasteiger charge is 2.10. The first-order chi connectivity index (χ1) is 12.0. The first-order valence-corrected chi connectivity index (χ1v) is 8.96. The minimum absolute atomic E-state index is 0.148. The van der Waals surface area contributed by atoms with Crippen LogP contribution in [-0.2, 0) is 6.42 Å². The van der Waals surface area contributed by atoms with Gasteiger partial charge in [-0.1, -0.05) is 44.2 Å². The monoisotopic (exact) mass is 340 g/mol. The van der Waals surface area contributed by atoms with Crippen LogP contribution < -0.4 is 10.6 Å². The summed E-state index contributed by atoms with van der Waals surface area (Å²) in [5, 5.41) is 6.21. The number of benzene rings is 1. The maximum absolute atomic E-state index is 12.3. The van der Waals surface area contributed by atoms with Gasteiger partial charge in [0.25, 0.3) is 5.91 Å². The number of carbonyl (C=O) groups is 1. The summed E-state index contributed by atoms with van der Waals surface area (Å²) in [7, 11) is 0. The van der Waals surface area contributed by atoms with Gasteiger partial charge in [0.05, 0.1) is 0 Å². The molecule has 0 radical (unpaired) electrons. The molecular formula is C20H28N4O. The summed E-state index contributed by atoms with van der Waals surface area (Å²) < 4.78 is 0. The van der Waals surface area contributed by atoms with Crippen molar-refractivity contribution in [1.29, 1.82) is 0 Å². The lowest BCUT2D eigenvalue weighted by Gasteiger charge is -2.10. The molecule has 0 unspecified atom stereocenters. The van der Waals surface area contributed by atoms with Crippen molar-refractivity contribution < 1.29 is 4.79 Å². The van der Waals surface area contributed by atoms with Crippen LogP contribution in [0.15, 0.2) is 36.4 Å². The third-order valence-corrected chi connectivity index (χ3v) is 3.87. The van der Waals surface area contributed by atoms with Gasteiger partial charge in [0.15, 0.2) is 0 Å². The second-order valence-electron chi connectivity index (χ2n) is 6.64. The predicted octanol–water partition coefficient (Wildman–Crippen LogP) is 3.61. The fraction of sp³-hybridized carbons (Fsp3) is 0.450. The first-order valence-electron chi connectivity index (χ1n) is 8.96. The van der Waals surface area contributed by atoms with Crippen LogP contribution in [0.3, 0.4) is 0 Å². The summed E-state index contributed by atoms with van der Waals surface area (Å²) in [4.78, 5) is 20.9. The molecule has 5 heteroatoms. The summed E-state index contributed by atoms with van der Waals surface area (Å²) in [6, 6.07) is 12.0. The summed E-state index contributed by atoms with van der Waals surface area (Å²) >= 11 is 0. The third kappa shape index (κ3) is 6.91. The predicted molar refractivity (Wildman–Crippen MR) is 102 cm³/mol. The number of amides is 1. The molecule has 0 fully saturated rings. The molecule has 1 aromatic heterocycles. The number of aryl methyl sites for hydroxylation is 2. The average Bonchev–Trinajstić information content (AvgIpc) is 2.58. The van der Waals surface area contributed by atoms with Crippen LogP contribution in [0, 0.1) is 12.8 Å². The van der Waals surface area contributed by atoms with Crippen LogP contribution in [0.4, 0.5) is 5.82 Å². The zero-order valence-electron chi connectivity index (χ0n) is 15.4. The molecule has 1 amide bonds. The Morgan fingerprint density at radius 1 is 1.12 bits per heavy atom. The Labute approximate surface area is 150 Å². The van der Waals surface area contributed by atoms with Crippen molar-refractivity contribution in [3.63, 3.8) is 0 Å². The Morgan fingerprint density at radius 3 is 2.60 bits per heavy atom. The normalized spacial score (nSPS) is 10.7. The molecule has 0 saturated heterocycles. The van der Waals surface area contributed by atoms with E-state index in [9.17, 15) is 4.79 Å². The molecule has 134 valence electrons. The van der Waals surface area contributed by atoms with E-state index in [-0.39, 0.29) is 5.91 Å². The Balaban J connectivity index is 1.82. The van der Waals surface area contributed by atoms with Crippen LogP contribution in [0.5, 0.6) is 0 Å². The molecule has 1 aromatic carbocycles. The van der Waals surface area contributed by atoms with Crippen molar-refractivity contribution in [1.82, 2.24) is 15.3 Å². The molecule has 25 heavy (non-hydrogen) atoms. The second kappa shape index (κ2) is 9.77. The highest BCUT2D eigenvalue weighted by molar-refractivity contribution is 5.92. The van der Waals surface area contributed by atoms with Gasteiger partial charge in [-0.25, -0.2) is 9.97 Å². The fourth-order valence-corrected chi connectivity index (χ4v) is 2.49. The van der Waals surface area contributed by atoms with Crippen LogP contribution in [-0.4, -0.2) is 29.0 Å². The second-order valence-corrected chi connectivity index (χ2v) is 6.64. The van der Waals surface area contributed by atoms with Gasteiger partial charge >= 0.3 is 0 Å². The Hall–Kier alpha value is -2.43. The number of nitrogens with one attached hydrogen (secondary N) is 2. The molecule has 0 saturated carbocycles. The molecule has 0 bridgehead atoms. The number of aromatic nitrogens is 2. The van der Waals surface area contributed by atoms with Crippen molar-refractivity contribution in [3.05, 3.63) is 53.5 Å². The van der Waals surface area contributed by atoms with E-state index < -0.39 is 0 Å². The van der Waals surface area contributed by atoms with Crippen molar-refractivity contribution in [2.45, 2.75) is 40.0 Å². The Kier molecular flexibility index (Phi) is 7.38. The maximum Gasteiger partial charge on any atom is 0.270 e. The van der Waals surface area contributed by atoms with Crippen molar-refractivity contribution >= 4 is 11.7 Å². The van der Waals surface area contributed by atoms with Crippen molar-refractivity contribution in [2.75, 3.05) is 18.4 Å². The van der Waals surface area contributed by atoms with Gasteiger partial charge < -0.3 is 10.6 Å². The number of carbonyl (C=O) groups excluding carboxylic acids is 1. The van der Waals surface area contributed by atoms with E-state index in [0.29, 0.717) is 29.8 Å². The number of hydrogen-bond donors (Lipinski definition) is 2. The van der Waals surface area contributed by atoms with Gasteiger partial charge in [0.1, 0.15) is 17.3 Å². The van der Waals surface area contributed by atoms with E-state index in [0.717, 1.165) is 25.8 Å². The molecule has 2 N–H and O–H groups in total. The van der Waals surface area contributed by atoms with Gasteiger partial charge in [-0.3, -0.25) is 4.79 Å². The van der Waals surface area contributed by atoms with E-state index in [4.69, 9.17) is 0 Å². The quantitative estimate of drug-likeness (QED) is 0.684. The molecule has 1 heterocycles. The highest BCUT2D eigenvalue weighted by Crippen LogP contribution is 2.08. The smallest absolute Gasteiger partial charge is 0.270 e. The largest absolute Gasteiger partial charge is 0.370 e. The lowest BCUT2D eigenvalue weighted by molar-refractivity contribution is 0.0948. The molecular weight excluding hydrogens is 312 g/mol. The van der Waals surface area contributed by atoms with Crippen molar-refractivity contribution in [3.8, 4) is 0 Å². The van der Waals surface area contributed by atoms with Crippen molar-refractivity contribution in [2.24, 2.45) is 5.92 Å². The Morgan fingerprint density at radius 2 is 1.88 bits per heavy atom. The molecule has 0 aliphatic carbocycles. The summed E-state index contributed by atoms with van der Waals surface area (Å²) in [5.41, 5.74) is 1.70. The third-order valence-electron chi connectivity index (χ3n) is 3.87. The molecule has 0 atom stereocenters. The van der Waals surface area contributed by atoms with Gasteiger partial charge in [-0.05, 0) is 37.7 Å². The lowest BCUT2D eigenvalue weighted by atomic mass is 10.1. The van der Waals surface area contributed by atoms with E-state index in [1.54, 1.807) is 13.0 Å². The number of hydrogen-bond acceptors (Lipinski definition) is 4. The van der Waals surface area contributed by atoms with Gasteiger partial charge in [-0.15, -0.1) is 0 Å². The standard InChI is InChI=1S/C20H28N4O/c1-15(2)11-13-21-19-14-18(23-16(3)24-19)20(25)22-12-7-10-17-8-5-4-6-9-17/h4-6,8-9,14-15H,7,10-13H2,1-3H3,(H,22,25)(H,21,23,24). The number of anilines is 1. The van der Waals surface area contributed by atoms with E-state index in [2.05, 4.69) is 46.6 Å². The average molecular weight is 340 g/mol. The summed E-state index contributed by atoms with van der Waals surface area (Å²) in [6.45, 7) is 7.64. The minimum Gasteiger partial charge on any atom is -0.370 e.